The molecule has 1 fully saturated rings. The Morgan fingerprint density at radius 2 is 1.88 bits per heavy atom. The zero-order valence-corrected chi connectivity index (χ0v) is 18.4. The molecule has 1 aromatic heterocycles. The fraction of sp³-hybridized carbons (Fsp3) is 0.292. The summed E-state index contributed by atoms with van der Waals surface area (Å²) in [6, 6.07) is 12.3. The number of carbonyl (C=O) groups is 2. The number of aromatic nitrogens is 2. The molecule has 8 heteroatoms. The van der Waals surface area contributed by atoms with E-state index in [0.29, 0.717) is 35.9 Å². The Kier molecular flexibility index (Phi) is 6.55. The molecule has 0 radical (unpaired) electrons. The molecule has 0 bridgehead atoms. The number of amides is 2. The maximum absolute atomic E-state index is 13.2. The van der Waals surface area contributed by atoms with Gasteiger partial charge in [0, 0.05) is 43.1 Å². The van der Waals surface area contributed by atoms with Gasteiger partial charge in [-0.15, -0.1) is 0 Å². The number of likely N-dealkylation sites (tertiary alicyclic amines) is 1. The zero-order chi connectivity index (χ0) is 22.7. The quantitative estimate of drug-likeness (QED) is 0.634. The maximum atomic E-state index is 13.2. The van der Waals surface area contributed by atoms with Gasteiger partial charge in [-0.3, -0.25) is 9.59 Å². The lowest BCUT2D eigenvalue weighted by Gasteiger charge is -2.33. The number of hydrogen-bond acceptors (Lipinski definition) is 3. The van der Waals surface area contributed by atoms with Crippen LogP contribution in [0.4, 0.5) is 4.39 Å². The Morgan fingerprint density at radius 3 is 2.53 bits per heavy atom. The molecule has 1 N–H and O–H groups in total. The van der Waals surface area contributed by atoms with Gasteiger partial charge in [-0.05, 0) is 54.8 Å². The smallest absolute Gasteiger partial charge is 0.253 e. The zero-order valence-electron chi connectivity index (χ0n) is 17.7. The van der Waals surface area contributed by atoms with Crippen LogP contribution in [0.3, 0.4) is 0 Å². The normalized spacial score (nSPS) is 17.1. The number of nitrogens with zero attached hydrogens (tertiary/aromatic N) is 3. The fourth-order valence-electron chi connectivity index (χ4n) is 4.02. The summed E-state index contributed by atoms with van der Waals surface area (Å²) in [6.07, 6.45) is 4.92. The molecule has 2 aromatic carbocycles. The predicted molar refractivity (Wildman–Crippen MR) is 120 cm³/mol. The van der Waals surface area contributed by atoms with Gasteiger partial charge in [-0.2, -0.15) is 0 Å². The first-order chi connectivity index (χ1) is 15.4. The molecule has 1 aliphatic heterocycles. The van der Waals surface area contributed by atoms with E-state index in [1.54, 1.807) is 23.2 Å². The second-order valence-corrected chi connectivity index (χ2v) is 8.42. The van der Waals surface area contributed by atoms with Gasteiger partial charge in [-0.1, -0.05) is 23.7 Å². The molecule has 2 heterocycles. The molecule has 2 amide bonds. The second-order valence-electron chi connectivity index (χ2n) is 7.99. The first-order valence-corrected chi connectivity index (χ1v) is 10.9. The monoisotopic (exact) mass is 454 g/mol. The second kappa shape index (κ2) is 9.53. The van der Waals surface area contributed by atoms with E-state index in [2.05, 4.69) is 10.3 Å². The number of benzene rings is 2. The number of hydrogen-bond donors (Lipinski definition) is 1. The third kappa shape index (κ3) is 4.83. The van der Waals surface area contributed by atoms with Crippen molar-refractivity contribution in [2.45, 2.75) is 18.9 Å². The molecular weight excluding hydrogens is 431 g/mol. The Labute approximate surface area is 191 Å². The molecule has 3 aromatic rings. The molecule has 166 valence electrons. The molecule has 0 saturated carbocycles. The van der Waals surface area contributed by atoms with Crippen LogP contribution in [-0.2, 0) is 11.8 Å². The van der Waals surface area contributed by atoms with Crippen molar-refractivity contribution in [1.82, 2.24) is 19.8 Å². The van der Waals surface area contributed by atoms with Gasteiger partial charge in [0.05, 0.1) is 5.92 Å². The summed E-state index contributed by atoms with van der Waals surface area (Å²) in [6.45, 7) is 0.885. The van der Waals surface area contributed by atoms with E-state index in [4.69, 9.17) is 11.6 Å². The topological polar surface area (TPSA) is 67.2 Å². The molecule has 4 rings (SSSR count). The van der Waals surface area contributed by atoms with Gasteiger partial charge < -0.3 is 14.8 Å². The van der Waals surface area contributed by atoms with Crippen molar-refractivity contribution in [3.8, 4) is 0 Å². The van der Waals surface area contributed by atoms with Crippen LogP contribution in [0, 0.1) is 11.7 Å². The molecule has 0 unspecified atom stereocenters. The van der Waals surface area contributed by atoms with Crippen LogP contribution >= 0.6 is 11.6 Å². The van der Waals surface area contributed by atoms with Gasteiger partial charge in [0.2, 0.25) is 5.91 Å². The molecule has 1 aliphatic rings. The highest BCUT2D eigenvalue weighted by molar-refractivity contribution is 6.30. The Hall–Kier alpha value is -3.19. The molecule has 2 atom stereocenters. The summed E-state index contributed by atoms with van der Waals surface area (Å²) in [5.41, 5.74) is 1.28. The van der Waals surface area contributed by atoms with Gasteiger partial charge in [0.25, 0.3) is 5.91 Å². The molecule has 0 aliphatic carbocycles. The summed E-state index contributed by atoms with van der Waals surface area (Å²) < 4.78 is 15.1. The van der Waals surface area contributed by atoms with Gasteiger partial charge in [0.15, 0.2) is 0 Å². The fourth-order valence-corrected chi connectivity index (χ4v) is 4.14. The number of piperidine rings is 1. The van der Waals surface area contributed by atoms with Crippen molar-refractivity contribution in [3.63, 3.8) is 0 Å². The lowest BCUT2D eigenvalue weighted by Crippen LogP contribution is -2.46. The first kappa shape index (κ1) is 22.0. The van der Waals surface area contributed by atoms with E-state index in [9.17, 15) is 14.0 Å². The van der Waals surface area contributed by atoms with Crippen molar-refractivity contribution in [2.24, 2.45) is 13.0 Å². The Morgan fingerprint density at radius 1 is 1.16 bits per heavy atom. The van der Waals surface area contributed by atoms with Crippen LogP contribution in [0.15, 0.2) is 60.9 Å². The van der Waals surface area contributed by atoms with Crippen molar-refractivity contribution < 1.29 is 14.0 Å². The van der Waals surface area contributed by atoms with E-state index in [1.807, 2.05) is 29.9 Å². The minimum atomic E-state index is -0.442. The Balaban J connectivity index is 1.50. The lowest BCUT2D eigenvalue weighted by molar-refractivity contribution is -0.126. The minimum absolute atomic E-state index is 0.135. The molecule has 0 spiro atoms. The van der Waals surface area contributed by atoms with Crippen LogP contribution in [0.2, 0.25) is 5.02 Å². The van der Waals surface area contributed by atoms with E-state index in [-0.39, 0.29) is 23.5 Å². The SMILES string of the molecule is Cn1ccnc1[C@H](NC(=O)[C@H]1CCCN(C(=O)c2ccc(F)cc2)C1)c1ccc(Cl)cc1. The number of carbonyl (C=O) groups excluding carboxylic acids is 2. The summed E-state index contributed by atoms with van der Waals surface area (Å²) in [7, 11) is 1.88. The van der Waals surface area contributed by atoms with Gasteiger partial charge >= 0.3 is 0 Å². The molecule has 1 saturated heterocycles. The van der Waals surface area contributed by atoms with Crippen LogP contribution in [-0.4, -0.2) is 39.4 Å². The Bertz CT molecular complexity index is 1100. The number of aryl methyl sites for hydroxylation is 1. The lowest BCUT2D eigenvalue weighted by atomic mass is 9.95. The summed E-state index contributed by atoms with van der Waals surface area (Å²) in [4.78, 5) is 32.2. The average Bonchev–Trinajstić information content (AvgIpc) is 3.23. The standard InChI is InChI=1S/C24H24ClFN4O2/c1-29-14-12-27-22(29)21(16-4-8-19(25)9-5-16)28-23(31)18-3-2-13-30(15-18)24(32)17-6-10-20(26)11-7-17/h4-12,14,18,21H,2-3,13,15H2,1H3,(H,28,31)/t18-,21+/m0/s1. The first-order valence-electron chi connectivity index (χ1n) is 10.5. The third-order valence-electron chi connectivity index (χ3n) is 5.78. The van der Waals surface area contributed by atoms with E-state index < -0.39 is 6.04 Å². The minimum Gasteiger partial charge on any atom is -0.342 e. The van der Waals surface area contributed by atoms with E-state index in [1.165, 1.54) is 24.3 Å². The molecular formula is C24H24ClFN4O2. The summed E-state index contributed by atoms with van der Waals surface area (Å²) in [5.74, 6) is -0.357. The number of imidazole rings is 1. The van der Waals surface area contributed by atoms with E-state index in [0.717, 1.165) is 12.0 Å². The largest absolute Gasteiger partial charge is 0.342 e. The number of nitrogens with one attached hydrogen (secondary N) is 1. The van der Waals surface area contributed by atoms with Crippen molar-refractivity contribution in [2.75, 3.05) is 13.1 Å². The van der Waals surface area contributed by atoms with Crippen molar-refractivity contribution >= 4 is 23.4 Å². The van der Waals surface area contributed by atoms with Crippen LogP contribution in [0.5, 0.6) is 0 Å². The van der Waals surface area contributed by atoms with Crippen LogP contribution in [0.25, 0.3) is 0 Å². The highest BCUT2D eigenvalue weighted by atomic mass is 35.5. The predicted octanol–water partition coefficient (Wildman–Crippen LogP) is 3.97. The van der Waals surface area contributed by atoms with Gasteiger partial charge in [-0.25, -0.2) is 9.37 Å². The number of halogens is 2. The average molecular weight is 455 g/mol. The molecule has 6 nitrogen and oxygen atoms in total. The number of rotatable bonds is 5. The van der Waals surface area contributed by atoms with Crippen molar-refractivity contribution in [3.05, 3.63) is 88.7 Å². The van der Waals surface area contributed by atoms with Crippen LogP contribution in [0.1, 0.15) is 40.6 Å². The van der Waals surface area contributed by atoms with E-state index >= 15 is 0 Å². The van der Waals surface area contributed by atoms with Gasteiger partial charge in [0.1, 0.15) is 17.7 Å². The summed E-state index contributed by atoms with van der Waals surface area (Å²) >= 11 is 6.04. The highest BCUT2D eigenvalue weighted by Gasteiger charge is 2.31. The maximum Gasteiger partial charge on any atom is 0.253 e. The van der Waals surface area contributed by atoms with Crippen molar-refractivity contribution in [1.29, 1.82) is 0 Å². The van der Waals surface area contributed by atoms with Crippen LogP contribution < -0.4 is 5.32 Å². The summed E-state index contributed by atoms with van der Waals surface area (Å²) in [5, 5.41) is 3.73. The molecule has 32 heavy (non-hydrogen) atoms. The highest BCUT2D eigenvalue weighted by Crippen LogP contribution is 2.25. The third-order valence-corrected chi connectivity index (χ3v) is 6.03.